The number of amides is 1. The Morgan fingerprint density at radius 2 is 2.04 bits per heavy atom. The van der Waals surface area contributed by atoms with Crippen LogP contribution in [0.4, 0.5) is 14.5 Å². The van der Waals surface area contributed by atoms with E-state index in [0.29, 0.717) is 17.7 Å². The molecule has 3 rings (SSSR count). The number of aromatic nitrogens is 1. The van der Waals surface area contributed by atoms with Gasteiger partial charge >= 0.3 is 0 Å². The second kappa shape index (κ2) is 8.02. The Labute approximate surface area is 160 Å². The van der Waals surface area contributed by atoms with Crippen LogP contribution in [-0.4, -0.2) is 36.0 Å². The first-order valence-corrected chi connectivity index (χ1v) is 8.77. The highest BCUT2D eigenvalue weighted by Crippen LogP contribution is 2.41. The molecule has 28 heavy (non-hydrogen) atoms. The van der Waals surface area contributed by atoms with Crippen molar-refractivity contribution in [2.45, 2.75) is 38.4 Å². The molecule has 1 aliphatic rings. The van der Waals surface area contributed by atoms with Crippen LogP contribution in [0, 0.1) is 11.6 Å². The first-order chi connectivity index (χ1) is 13.3. The number of nitrogens with one attached hydrogen (secondary N) is 1. The number of pyridine rings is 1. The number of ether oxygens (including phenoxy) is 2. The molecule has 2 heterocycles. The Morgan fingerprint density at radius 3 is 2.71 bits per heavy atom. The molecule has 6 nitrogen and oxygen atoms in total. The van der Waals surface area contributed by atoms with E-state index in [1.54, 1.807) is 13.0 Å². The number of ketones is 1. The van der Waals surface area contributed by atoms with Crippen molar-refractivity contribution in [3.8, 4) is 5.75 Å². The van der Waals surface area contributed by atoms with Crippen LogP contribution in [0.1, 0.15) is 42.2 Å². The van der Waals surface area contributed by atoms with Crippen molar-refractivity contribution >= 4 is 17.4 Å². The molecule has 1 aromatic heterocycles. The lowest BCUT2D eigenvalue weighted by Gasteiger charge is -2.21. The highest BCUT2D eigenvalue weighted by atomic mass is 19.2. The predicted octanol–water partition coefficient (Wildman–Crippen LogP) is 3.47. The Morgan fingerprint density at radius 1 is 1.29 bits per heavy atom. The number of methoxy groups -OCH3 is 1. The fraction of sp³-hybridized carbons (Fsp3) is 0.350. The molecular formula is C20H20F2N2O4. The molecule has 1 aromatic carbocycles. The van der Waals surface area contributed by atoms with Crippen LogP contribution in [0.5, 0.6) is 5.75 Å². The van der Waals surface area contributed by atoms with Crippen molar-refractivity contribution in [2.24, 2.45) is 0 Å². The minimum Gasteiger partial charge on any atom is -0.493 e. The van der Waals surface area contributed by atoms with Crippen molar-refractivity contribution in [1.82, 2.24) is 4.98 Å². The van der Waals surface area contributed by atoms with E-state index < -0.39 is 29.6 Å². The zero-order chi connectivity index (χ0) is 20.4. The van der Waals surface area contributed by atoms with Gasteiger partial charge in [-0.05, 0) is 31.5 Å². The second-order valence-corrected chi connectivity index (χ2v) is 6.67. The van der Waals surface area contributed by atoms with Gasteiger partial charge in [0.2, 0.25) is 5.82 Å². The summed E-state index contributed by atoms with van der Waals surface area (Å²) in [5.41, 5.74) is 0.978. The number of anilines is 1. The molecule has 0 radical (unpaired) electrons. The Hall–Kier alpha value is -2.87. The third-order valence-corrected chi connectivity index (χ3v) is 4.66. The maximum atomic E-state index is 14.1. The monoisotopic (exact) mass is 390 g/mol. The van der Waals surface area contributed by atoms with Gasteiger partial charge in [0.05, 0.1) is 13.2 Å². The first kappa shape index (κ1) is 19.9. The molecule has 0 spiro atoms. The minimum atomic E-state index is -1.10. The summed E-state index contributed by atoms with van der Waals surface area (Å²) in [7, 11) is 1.25. The molecule has 3 atom stereocenters. The van der Waals surface area contributed by atoms with E-state index >= 15 is 0 Å². The van der Waals surface area contributed by atoms with Gasteiger partial charge < -0.3 is 14.8 Å². The summed E-state index contributed by atoms with van der Waals surface area (Å²) in [6.45, 7) is 3.17. The molecule has 0 unspecified atom stereocenters. The smallest absolute Gasteiger partial charge is 0.254 e. The molecule has 1 saturated heterocycles. The van der Waals surface area contributed by atoms with Crippen molar-refractivity contribution < 1.29 is 27.8 Å². The van der Waals surface area contributed by atoms with E-state index in [1.807, 2.05) is 0 Å². The van der Waals surface area contributed by atoms with E-state index in [2.05, 4.69) is 10.3 Å². The fourth-order valence-corrected chi connectivity index (χ4v) is 3.38. The summed E-state index contributed by atoms with van der Waals surface area (Å²) in [6, 6.07) is 5.43. The van der Waals surface area contributed by atoms with Gasteiger partial charge in [0.1, 0.15) is 11.8 Å². The van der Waals surface area contributed by atoms with E-state index in [0.717, 1.165) is 6.07 Å². The molecule has 1 fully saturated rings. The van der Waals surface area contributed by atoms with Crippen molar-refractivity contribution in [2.75, 3.05) is 12.4 Å². The highest BCUT2D eigenvalue weighted by Gasteiger charge is 2.41. The molecule has 1 amide bonds. The molecule has 1 N–H and O–H groups in total. The van der Waals surface area contributed by atoms with Crippen LogP contribution in [0.3, 0.4) is 0 Å². The average Bonchev–Trinajstić information content (AvgIpc) is 3.05. The first-order valence-electron chi connectivity index (χ1n) is 8.77. The van der Waals surface area contributed by atoms with Gasteiger partial charge in [0, 0.05) is 30.3 Å². The third kappa shape index (κ3) is 3.87. The van der Waals surface area contributed by atoms with Crippen LogP contribution in [0.2, 0.25) is 0 Å². The molecule has 8 heteroatoms. The number of rotatable bonds is 5. The third-order valence-electron chi connectivity index (χ3n) is 4.66. The summed E-state index contributed by atoms with van der Waals surface area (Å²) in [5, 5.41) is 2.70. The summed E-state index contributed by atoms with van der Waals surface area (Å²) in [4.78, 5) is 28.2. The number of carbonyl (C=O) groups excluding carboxylic acids is 2. The SMILES string of the molecule is COc1c([C@@H]2C[C@H](C)O[C@H]2C(=O)Nc2ccnc(C(C)=O)c2)ccc(F)c1F. The van der Waals surface area contributed by atoms with E-state index in [-0.39, 0.29) is 23.3 Å². The maximum Gasteiger partial charge on any atom is 0.254 e. The quantitative estimate of drug-likeness (QED) is 0.791. The largest absolute Gasteiger partial charge is 0.493 e. The van der Waals surface area contributed by atoms with Gasteiger partial charge in [-0.1, -0.05) is 6.07 Å². The Balaban J connectivity index is 1.88. The Kier molecular flexibility index (Phi) is 5.69. The number of Topliss-reactive ketones (excluding diaryl/α,β-unsaturated/α-hetero) is 1. The van der Waals surface area contributed by atoms with Gasteiger partial charge in [-0.2, -0.15) is 4.39 Å². The van der Waals surface area contributed by atoms with Gasteiger partial charge in [-0.15, -0.1) is 0 Å². The Bertz CT molecular complexity index is 919. The molecule has 0 saturated carbocycles. The maximum absolute atomic E-state index is 14.1. The number of hydrogen-bond acceptors (Lipinski definition) is 5. The van der Waals surface area contributed by atoms with E-state index in [4.69, 9.17) is 9.47 Å². The zero-order valence-corrected chi connectivity index (χ0v) is 15.7. The van der Waals surface area contributed by atoms with Gasteiger partial charge in [-0.25, -0.2) is 4.39 Å². The normalized spacial score (nSPS) is 21.4. The lowest BCUT2D eigenvalue weighted by Crippen LogP contribution is -2.32. The van der Waals surface area contributed by atoms with Crippen LogP contribution in [0.15, 0.2) is 30.5 Å². The summed E-state index contributed by atoms with van der Waals surface area (Å²) in [6.07, 6.45) is 0.668. The number of benzene rings is 1. The summed E-state index contributed by atoms with van der Waals surface area (Å²) >= 11 is 0. The van der Waals surface area contributed by atoms with Crippen LogP contribution < -0.4 is 10.1 Å². The molecule has 2 aromatic rings. The van der Waals surface area contributed by atoms with Gasteiger partial charge in [0.25, 0.3) is 5.91 Å². The van der Waals surface area contributed by atoms with Crippen LogP contribution in [0.25, 0.3) is 0 Å². The van der Waals surface area contributed by atoms with Gasteiger partial charge in [-0.3, -0.25) is 14.6 Å². The second-order valence-electron chi connectivity index (χ2n) is 6.67. The average molecular weight is 390 g/mol. The minimum absolute atomic E-state index is 0.220. The highest BCUT2D eigenvalue weighted by molar-refractivity contribution is 5.97. The van der Waals surface area contributed by atoms with Crippen LogP contribution >= 0.6 is 0 Å². The molecule has 1 aliphatic heterocycles. The van der Waals surface area contributed by atoms with E-state index in [1.165, 1.54) is 32.4 Å². The van der Waals surface area contributed by atoms with E-state index in [9.17, 15) is 18.4 Å². The van der Waals surface area contributed by atoms with Gasteiger partial charge in [0.15, 0.2) is 17.3 Å². The lowest BCUT2D eigenvalue weighted by molar-refractivity contribution is -0.126. The zero-order valence-electron chi connectivity index (χ0n) is 15.7. The molecular weight excluding hydrogens is 370 g/mol. The summed E-state index contributed by atoms with van der Waals surface area (Å²) in [5.74, 6) is -3.56. The number of carbonyl (C=O) groups is 2. The fourth-order valence-electron chi connectivity index (χ4n) is 3.38. The predicted molar refractivity (Wildman–Crippen MR) is 97.5 cm³/mol. The molecule has 0 aliphatic carbocycles. The number of nitrogens with zero attached hydrogens (tertiary/aromatic N) is 1. The molecule has 0 bridgehead atoms. The van der Waals surface area contributed by atoms with Crippen molar-refractivity contribution in [3.05, 3.63) is 53.4 Å². The standard InChI is InChI=1S/C20H20F2N2O4/c1-10-8-14(13-4-5-15(21)17(22)18(13)27-3)19(28-10)20(26)24-12-6-7-23-16(9-12)11(2)25/h4-7,9-10,14,19H,8H2,1-3H3,(H,23,24,26)/t10-,14-,19+/m0/s1. The molecule has 148 valence electrons. The number of hydrogen-bond donors (Lipinski definition) is 1. The van der Waals surface area contributed by atoms with Crippen molar-refractivity contribution in [1.29, 1.82) is 0 Å². The van der Waals surface area contributed by atoms with Crippen LogP contribution in [-0.2, 0) is 9.53 Å². The number of halogens is 2. The lowest BCUT2D eigenvalue weighted by atomic mass is 9.89. The topological polar surface area (TPSA) is 77.5 Å². The van der Waals surface area contributed by atoms with Crippen molar-refractivity contribution in [3.63, 3.8) is 0 Å². The summed E-state index contributed by atoms with van der Waals surface area (Å²) < 4.78 is 38.5.